The Morgan fingerprint density at radius 1 is 1.05 bits per heavy atom. The molecule has 208 valence electrons. The van der Waals surface area contributed by atoms with Crippen LogP contribution < -0.4 is 16.0 Å². The molecule has 9 nitrogen and oxygen atoms in total. The lowest BCUT2D eigenvalue weighted by molar-refractivity contribution is -0.120. The van der Waals surface area contributed by atoms with Crippen LogP contribution in [0.5, 0.6) is 0 Å². The van der Waals surface area contributed by atoms with Crippen molar-refractivity contribution in [2.24, 2.45) is 0 Å². The van der Waals surface area contributed by atoms with Crippen molar-refractivity contribution < 1.29 is 19.1 Å². The molecule has 10 heteroatoms. The Hall–Kier alpha value is -3.86. The van der Waals surface area contributed by atoms with Gasteiger partial charge in [0.1, 0.15) is 23.6 Å². The van der Waals surface area contributed by atoms with Gasteiger partial charge in [0.25, 0.3) is 0 Å². The molecule has 2 aromatic heterocycles. The minimum absolute atomic E-state index is 0.156. The second-order valence-electron chi connectivity index (χ2n) is 10.5. The molecule has 2 aromatic carbocycles. The molecule has 1 aliphatic heterocycles. The third-order valence-corrected chi connectivity index (χ3v) is 7.28. The largest absolute Gasteiger partial charge is 0.444 e. The van der Waals surface area contributed by atoms with Crippen LogP contribution in [-0.4, -0.2) is 54.1 Å². The summed E-state index contributed by atoms with van der Waals surface area (Å²) in [5, 5.41) is 21.3. The number of nitrogens with zero attached hydrogens (tertiary/aromatic N) is 2. The number of benzene rings is 2. The van der Waals surface area contributed by atoms with Crippen LogP contribution in [0.3, 0.4) is 0 Å². The van der Waals surface area contributed by atoms with E-state index in [4.69, 9.17) is 9.47 Å². The number of carbonyl (C=O) groups excluding carboxylic acids is 2. The third kappa shape index (κ3) is 6.64. The fraction of sp³-hybridized carbons (Fsp3) is 0.333. The van der Waals surface area contributed by atoms with Crippen LogP contribution in [0, 0.1) is 0 Å². The molecule has 0 saturated heterocycles. The molecule has 4 aromatic rings. The summed E-state index contributed by atoms with van der Waals surface area (Å²) in [6.45, 7) is 7.51. The number of nitrogens with one attached hydrogen (secondary N) is 3. The third-order valence-electron chi connectivity index (χ3n) is 6.36. The van der Waals surface area contributed by atoms with Gasteiger partial charge in [0.05, 0.1) is 17.0 Å². The first-order valence-corrected chi connectivity index (χ1v) is 14.2. The molecular weight excluding hydrogens is 526 g/mol. The van der Waals surface area contributed by atoms with E-state index in [-0.39, 0.29) is 25.7 Å². The van der Waals surface area contributed by atoms with Crippen molar-refractivity contribution in [1.29, 1.82) is 0 Å². The average Bonchev–Trinajstić information content (AvgIpc) is 3.42. The maximum Gasteiger partial charge on any atom is 0.407 e. The van der Waals surface area contributed by atoms with Crippen LogP contribution in [0.25, 0.3) is 32.6 Å². The summed E-state index contributed by atoms with van der Waals surface area (Å²) in [5.74, 6) is -0.305. The summed E-state index contributed by atoms with van der Waals surface area (Å²) in [4.78, 5) is 24.4. The van der Waals surface area contributed by atoms with Crippen molar-refractivity contribution in [3.05, 3.63) is 65.0 Å². The van der Waals surface area contributed by atoms with Gasteiger partial charge in [0, 0.05) is 29.6 Å². The number of ether oxygens (including phenoxy) is 2. The predicted octanol–water partition coefficient (Wildman–Crippen LogP) is 5.15. The van der Waals surface area contributed by atoms with E-state index < -0.39 is 11.7 Å². The minimum atomic E-state index is -0.573. The Balaban J connectivity index is 1.27. The van der Waals surface area contributed by atoms with Crippen molar-refractivity contribution in [3.8, 4) is 22.5 Å². The van der Waals surface area contributed by atoms with Crippen molar-refractivity contribution in [2.45, 2.75) is 39.3 Å². The zero-order valence-electron chi connectivity index (χ0n) is 22.9. The van der Waals surface area contributed by atoms with Crippen LogP contribution >= 0.6 is 11.3 Å². The quantitative estimate of drug-likeness (QED) is 0.256. The number of para-hydroxylation sites is 1. The molecule has 1 aliphatic rings. The van der Waals surface area contributed by atoms with Crippen molar-refractivity contribution in [1.82, 2.24) is 20.8 Å². The molecule has 0 saturated carbocycles. The number of thiophene rings is 1. The zero-order chi connectivity index (χ0) is 28.1. The van der Waals surface area contributed by atoms with E-state index in [1.54, 1.807) is 32.1 Å². The molecule has 0 fully saturated rings. The molecular formula is C30H33N5O4S. The maximum absolute atomic E-state index is 12.7. The van der Waals surface area contributed by atoms with E-state index in [1.165, 1.54) is 11.1 Å². The van der Waals surface area contributed by atoms with Crippen LogP contribution in [-0.2, 0) is 27.2 Å². The summed E-state index contributed by atoms with van der Waals surface area (Å²) in [7, 11) is 0. The topological polar surface area (TPSA) is 114 Å². The number of hydrogen-bond donors (Lipinski definition) is 3. The fourth-order valence-corrected chi connectivity index (χ4v) is 5.48. The average molecular weight is 560 g/mol. The normalized spacial score (nSPS) is 13.1. The first-order valence-electron chi connectivity index (χ1n) is 13.3. The number of rotatable bonds is 8. The fourth-order valence-electron chi connectivity index (χ4n) is 4.58. The lowest BCUT2D eigenvalue weighted by Gasteiger charge is -2.19. The highest BCUT2D eigenvalue weighted by atomic mass is 32.1. The molecule has 3 heterocycles. The molecule has 3 N–H and O–H groups in total. The molecule has 0 aliphatic carbocycles. The molecule has 0 atom stereocenters. The van der Waals surface area contributed by atoms with Crippen molar-refractivity contribution >= 4 is 39.1 Å². The van der Waals surface area contributed by atoms with Crippen molar-refractivity contribution in [3.63, 3.8) is 0 Å². The van der Waals surface area contributed by atoms with Gasteiger partial charge in [-0.15, -0.1) is 21.5 Å². The van der Waals surface area contributed by atoms with Crippen LogP contribution in [0.2, 0.25) is 0 Å². The first-order chi connectivity index (χ1) is 19.3. The predicted molar refractivity (Wildman–Crippen MR) is 157 cm³/mol. The summed E-state index contributed by atoms with van der Waals surface area (Å²) < 4.78 is 11.6. The second-order valence-corrected chi connectivity index (χ2v) is 11.5. The van der Waals surface area contributed by atoms with E-state index in [1.807, 2.05) is 29.6 Å². The van der Waals surface area contributed by atoms with Gasteiger partial charge in [0.2, 0.25) is 5.91 Å². The van der Waals surface area contributed by atoms with Gasteiger partial charge in [-0.2, -0.15) is 0 Å². The van der Waals surface area contributed by atoms with Gasteiger partial charge in [-0.3, -0.25) is 4.79 Å². The van der Waals surface area contributed by atoms with E-state index in [9.17, 15) is 9.59 Å². The number of carbonyl (C=O) groups is 2. The lowest BCUT2D eigenvalue weighted by atomic mass is 9.96. The molecule has 0 unspecified atom stereocenters. The Kier molecular flexibility index (Phi) is 8.39. The number of fused-ring (bicyclic) bond motifs is 2. The highest BCUT2D eigenvalue weighted by Gasteiger charge is 2.19. The summed E-state index contributed by atoms with van der Waals surface area (Å²) in [6, 6.07) is 16.1. The molecule has 0 bridgehead atoms. The summed E-state index contributed by atoms with van der Waals surface area (Å²) >= 11 is 1.60. The summed E-state index contributed by atoms with van der Waals surface area (Å²) in [5.41, 5.74) is 6.15. The van der Waals surface area contributed by atoms with Gasteiger partial charge in [-0.25, -0.2) is 4.79 Å². The molecule has 2 amide bonds. The van der Waals surface area contributed by atoms with Crippen LogP contribution in [0.4, 0.5) is 10.5 Å². The Labute approximate surface area is 237 Å². The summed E-state index contributed by atoms with van der Waals surface area (Å²) in [6.07, 6.45) is 0.476. The minimum Gasteiger partial charge on any atom is -0.444 e. The van der Waals surface area contributed by atoms with Crippen LogP contribution in [0.15, 0.2) is 53.9 Å². The van der Waals surface area contributed by atoms with E-state index >= 15 is 0 Å². The highest BCUT2D eigenvalue weighted by molar-refractivity contribution is 7.17. The number of anilines is 1. The van der Waals surface area contributed by atoms with E-state index in [0.29, 0.717) is 11.4 Å². The van der Waals surface area contributed by atoms with E-state index in [2.05, 4.69) is 50.4 Å². The Morgan fingerprint density at radius 2 is 1.88 bits per heavy atom. The highest BCUT2D eigenvalue weighted by Crippen LogP contribution is 2.38. The second kappa shape index (κ2) is 12.1. The molecule has 0 radical (unpaired) electrons. The molecule has 0 spiro atoms. The standard InChI is InChI=1S/C30H33N5O4S/c1-30(2,3)39-29(37)32-13-14-38-18-25(36)33-24-7-5-4-6-22(24)27-28-23(11-15-40-28)26(34-35-27)20-8-9-21-17-31-12-10-19(21)16-20/h4-9,11,15-16,31H,10,12-14,17-18H2,1-3H3,(H,32,37)(H,33,36). The van der Waals surface area contributed by atoms with Gasteiger partial charge in [0.15, 0.2) is 0 Å². The number of amides is 2. The molecule has 40 heavy (non-hydrogen) atoms. The van der Waals surface area contributed by atoms with Gasteiger partial charge in [-0.1, -0.05) is 30.3 Å². The van der Waals surface area contributed by atoms with Gasteiger partial charge < -0.3 is 25.4 Å². The lowest BCUT2D eigenvalue weighted by Crippen LogP contribution is -2.34. The smallest absolute Gasteiger partial charge is 0.407 e. The van der Waals surface area contributed by atoms with Gasteiger partial charge >= 0.3 is 6.09 Å². The number of aromatic nitrogens is 2. The number of hydrogen-bond acceptors (Lipinski definition) is 8. The number of alkyl carbamates (subject to hydrolysis) is 1. The Bertz CT molecular complexity index is 1530. The van der Waals surface area contributed by atoms with Crippen LogP contribution in [0.1, 0.15) is 31.9 Å². The Morgan fingerprint density at radius 3 is 2.73 bits per heavy atom. The monoisotopic (exact) mass is 559 g/mol. The maximum atomic E-state index is 12.7. The van der Waals surface area contributed by atoms with Gasteiger partial charge in [-0.05, 0) is 68.4 Å². The van der Waals surface area contributed by atoms with E-state index in [0.717, 1.165) is 46.4 Å². The SMILES string of the molecule is CC(C)(C)OC(=O)NCCOCC(=O)Nc1ccccc1-c1nnc(-c2ccc3c(c2)CCNC3)c2ccsc12. The van der Waals surface area contributed by atoms with Crippen molar-refractivity contribution in [2.75, 3.05) is 31.6 Å². The molecule has 5 rings (SSSR count). The zero-order valence-corrected chi connectivity index (χ0v) is 23.7. The first kappa shape index (κ1) is 27.7.